The van der Waals surface area contributed by atoms with Gasteiger partial charge in [0, 0.05) is 17.3 Å². The van der Waals surface area contributed by atoms with Gasteiger partial charge in [-0.05, 0) is 66.4 Å². The predicted octanol–water partition coefficient (Wildman–Crippen LogP) is 6.02. The first-order valence-corrected chi connectivity index (χ1v) is 12.2. The maximum atomic E-state index is 13.4. The van der Waals surface area contributed by atoms with Gasteiger partial charge in [-0.25, -0.2) is 0 Å². The maximum Gasteiger partial charge on any atom is 0.300 e. The first-order chi connectivity index (χ1) is 17.6. The number of benzene rings is 3. The molecule has 1 aliphatic rings. The molecule has 1 amide bonds. The molecule has 0 radical (unpaired) electrons. The molecule has 1 aliphatic heterocycles. The highest BCUT2D eigenvalue weighted by Gasteiger charge is 2.47. The summed E-state index contributed by atoms with van der Waals surface area (Å²) in [7, 11) is 1.50. The Morgan fingerprint density at radius 2 is 1.84 bits per heavy atom. The monoisotopic (exact) mass is 521 g/mol. The van der Waals surface area contributed by atoms with Gasteiger partial charge in [0.15, 0.2) is 0 Å². The third-order valence-electron chi connectivity index (χ3n) is 6.08. The van der Waals surface area contributed by atoms with Gasteiger partial charge in [0.2, 0.25) is 0 Å². The summed E-state index contributed by atoms with van der Waals surface area (Å²) < 4.78 is 11.1. The number of halogens is 1. The van der Waals surface area contributed by atoms with Gasteiger partial charge in [0.05, 0.1) is 30.4 Å². The maximum absolute atomic E-state index is 13.4. The van der Waals surface area contributed by atoms with Gasteiger partial charge in [-0.3, -0.25) is 14.5 Å². The topological polar surface area (TPSA) is 96.3 Å². The summed E-state index contributed by atoms with van der Waals surface area (Å²) in [6, 6.07) is 15.2. The Hall–Kier alpha value is -3.97. The van der Waals surface area contributed by atoms with Crippen molar-refractivity contribution >= 4 is 34.7 Å². The number of ether oxygens (including phenoxy) is 2. The average molecular weight is 522 g/mol. The second kappa shape index (κ2) is 10.6. The fraction of sp³-hybridized carbons (Fsp3) is 0.241. The molecule has 0 spiro atoms. The smallest absolute Gasteiger partial charge is 0.300 e. The summed E-state index contributed by atoms with van der Waals surface area (Å²) >= 11 is 6.19. The molecule has 3 aromatic carbocycles. The van der Waals surface area contributed by atoms with E-state index < -0.39 is 17.7 Å². The number of carbonyl (C=O) groups is 2. The van der Waals surface area contributed by atoms with Crippen LogP contribution in [-0.2, 0) is 9.59 Å². The zero-order chi connectivity index (χ0) is 26.9. The van der Waals surface area contributed by atoms with Crippen LogP contribution in [0.3, 0.4) is 0 Å². The Labute approximate surface area is 220 Å². The van der Waals surface area contributed by atoms with Crippen molar-refractivity contribution in [3.8, 4) is 17.2 Å². The first kappa shape index (κ1) is 26.1. The summed E-state index contributed by atoms with van der Waals surface area (Å²) in [6.07, 6.45) is 0. The Morgan fingerprint density at radius 1 is 1.08 bits per heavy atom. The number of methoxy groups -OCH3 is 1. The number of aliphatic hydroxyl groups excluding tert-OH is 1. The molecule has 1 fully saturated rings. The number of anilines is 1. The van der Waals surface area contributed by atoms with E-state index in [0.29, 0.717) is 40.8 Å². The van der Waals surface area contributed by atoms with Gasteiger partial charge in [0.1, 0.15) is 23.0 Å². The zero-order valence-electron chi connectivity index (χ0n) is 21.0. The van der Waals surface area contributed by atoms with E-state index in [2.05, 4.69) is 0 Å². The van der Waals surface area contributed by atoms with E-state index in [9.17, 15) is 19.8 Å². The van der Waals surface area contributed by atoms with Crippen LogP contribution in [0.2, 0.25) is 5.02 Å². The Morgan fingerprint density at radius 3 is 2.49 bits per heavy atom. The molecule has 7 nitrogen and oxygen atoms in total. The SMILES string of the molecule is COc1cccc(N2C(=O)C(=O)/C(=C(\O)c3ccc(OCC(C)C)c(C)c3)C2c2ccc(O)c(Cl)c2)c1. The molecule has 1 unspecified atom stereocenters. The fourth-order valence-corrected chi connectivity index (χ4v) is 4.43. The van der Waals surface area contributed by atoms with Crippen LogP contribution in [0.4, 0.5) is 5.69 Å². The summed E-state index contributed by atoms with van der Waals surface area (Å²) in [5, 5.41) is 21.4. The molecule has 37 heavy (non-hydrogen) atoms. The van der Waals surface area contributed by atoms with Crippen LogP contribution in [0, 0.1) is 12.8 Å². The van der Waals surface area contributed by atoms with Crippen LogP contribution in [0.25, 0.3) is 5.76 Å². The highest BCUT2D eigenvalue weighted by atomic mass is 35.5. The molecular formula is C29H28ClNO6. The van der Waals surface area contributed by atoms with Gasteiger partial charge in [-0.15, -0.1) is 0 Å². The molecule has 8 heteroatoms. The van der Waals surface area contributed by atoms with Crippen molar-refractivity contribution in [2.45, 2.75) is 26.8 Å². The number of phenolic OH excluding ortho intramolecular Hbond substituents is 1. The molecule has 0 aromatic heterocycles. The van der Waals surface area contributed by atoms with E-state index >= 15 is 0 Å². The number of ketones is 1. The number of carbonyl (C=O) groups excluding carboxylic acids is 2. The molecular weight excluding hydrogens is 494 g/mol. The lowest BCUT2D eigenvalue weighted by atomic mass is 9.94. The molecule has 192 valence electrons. The van der Waals surface area contributed by atoms with E-state index in [0.717, 1.165) is 5.56 Å². The number of aromatic hydroxyl groups is 1. The van der Waals surface area contributed by atoms with Crippen LogP contribution < -0.4 is 14.4 Å². The number of aliphatic hydroxyl groups is 1. The largest absolute Gasteiger partial charge is 0.507 e. The van der Waals surface area contributed by atoms with Gasteiger partial charge in [-0.2, -0.15) is 0 Å². The standard InChI is InChI=1S/C29H28ClNO6/c1-16(2)15-37-24-11-9-19(12-17(24)3)27(33)25-26(18-8-10-23(32)22(30)13-18)31(29(35)28(25)34)20-6-5-7-21(14-20)36-4/h5-14,16,26,32-33H,15H2,1-4H3/b27-25-. The summed E-state index contributed by atoms with van der Waals surface area (Å²) in [6.45, 7) is 6.48. The van der Waals surface area contributed by atoms with Gasteiger partial charge < -0.3 is 19.7 Å². The van der Waals surface area contributed by atoms with Crippen LogP contribution >= 0.6 is 11.6 Å². The minimum Gasteiger partial charge on any atom is -0.507 e. The van der Waals surface area contributed by atoms with Crippen molar-refractivity contribution in [2.24, 2.45) is 5.92 Å². The third kappa shape index (κ3) is 5.13. The molecule has 2 N–H and O–H groups in total. The summed E-state index contributed by atoms with van der Waals surface area (Å²) in [4.78, 5) is 28.0. The average Bonchev–Trinajstić information content (AvgIpc) is 3.14. The van der Waals surface area contributed by atoms with Crippen molar-refractivity contribution in [2.75, 3.05) is 18.6 Å². The minimum absolute atomic E-state index is 0.0521. The Balaban J connectivity index is 1.88. The minimum atomic E-state index is -0.998. The number of amides is 1. The van der Waals surface area contributed by atoms with E-state index in [-0.39, 0.29) is 22.1 Å². The van der Waals surface area contributed by atoms with E-state index in [1.807, 2.05) is 20.8 Å². The van der Waals surface area contributed by atoms with Crippen LogP contribution in [0.1, 0.15) is 36.6 Å². The fourth-order valence-electron chi connectivity index (χ4n) is 4.24. The Bertz CT molecular complexity index is 1400. The van der Waals surface area contributed by atoms with E-state index in [1.165, 1.54) is 24.1 Å². The van der Waals surface area contributed by atoms with Crippen LogP contribution in [0.5, 0.6) is 17.2 Å². The number of Topliss-reactive ketones (excluding diaryl/α,β-unsaturated/α-hetero) is 1. The molecule has 0 aliphatic carbocycles. The lowest BCUT2D eigenvalue weighted by Crippen LogP contribution is -2.29. The third-order valence-corrected chi connectivity index (χ3v) is 6.39. The number of nitrogens with zero attached hydrogens (tertiary/aromatic N) is 1. The van der Waals surface area contributed by atoms with Crippen molar-refractivity contribution in [3.05, 3.63) is 87.9 Å². The van der Waals surface area contributed by atoms with E-state index in [4.69, 9.17) is 21.1 Å². The van der Waals surface area contributed by atoms with E-state index in [1.54, 1.807) is 48.5 Å². The quantitative estimate of drug-likeness (QED) is 0.224. The second-order valence-electron chi connectivity index (χ2n) is 9.27. The van der Waals surface area contributed by atoms with Gasteiger partial charge >= 0.3 is 0 Å². The first-order valence-electron chi connectivity index (χ1n) is 11.8. The van der Waals surface area contributed by atoms with Crippen LogP contribution in [-0.4, -0.2) is 35.6 Å². The summed E-state index contributed by atoms with van der Waals surface area (Å²) in [5.74, 6) is -0.603. The molecule has 3 aromatic rings. The van der Waals surface area contributed by atoms with Gasteiger partial charge in [-0.1, -0.05) is 37.6 Å². The number of hydrogen-bond donors (Lipinski definition) is 2. The van der Waals surface area contributed by atoms with Crippen molar-refractivity contribution in [1.29, 1.82) is 0 Å². The molecule has 1 saturated heterocycles. The molecule has 4 rings (SSSR count). The number of rotatable bonds is 7. The zero-order valence-corrected chi connectivity index (χ0v) is 21.7. The number of hydrogen-bond acceptors (Lipinski definition) is 6. The van der Waals surface area contributed by atoms with Gasteiger partial charge in [0.25, 0.3) is 11.7 Å². The van der Waals surface area contributed by atoms with Crippen molar-refractivity contribution < 1.29 is 29.3 Å². The highest BCUT2D eigenvalue weighted by Crippen LogP contribution is 2.44. The van der Waals surface area contributed by atoms with Crippen molar-refractivity contribution in [3.63, 3.8) is 0 Å². The lowest BCUT2D eigenvalue weighted by Gasteiger charge is -2.26. The predicted molar refractivity (Wildman–Crippen MR) is 142 cm³/mol. The highest BCUT2D eigenvalue weighted by molar-refractivity contribution is 6.51. The second-order valence-corrected chi connectivity index (χ2v) is 9.67. The Kier molecular flexibility index (Phi) is 7.45. The summed E-state index contributed by atoms with van der Waals surface area (Å²) in [5.41, 5.74) is 1.90. The van der Waals surface area contributed by atoms with Crippen molar-refractivity contribution in [1.82, 2.24) is 0 Å². The molecule has 0 bridgehead atoms. The van der Waals surface area contributed by atoms with Crippen LogP contribution in [0.15, 0.2) is 66.2 Å². The number of phenols is 1. The molecule has 0 saturated carbocycles. The normalized spacial score (nSPS) is 16.9. The molecule has 1 heterocycles. The molecule has 1 atom stereocenters. The lowest BCUT2D eigenvalue weighted by molar-refractivity contribution is -0.132. The number of aryl methyl sites for hydroxylation is 1.